The number of carbonyl (C=O) groups is 2. The van der Waals surface area contributed by atoms with Crippen LogP contribution in [0.4, 0.5) is 0 Å². The SMILES string of the molecule is COC(=O)[C@H](CCSC)NC(=O)c1cc(-n2cccc2)ccc1Cl. The normalized spacial score (nSPS) is 11.8. The minimum Gasteiger partial charge on any atom is -0.467 e. The van der Waals surface area contributed by atoms with Crippen LogP contribution < -0.4 is 5.32 Å². The summed E-state index contributed by atoms with van der Waals surface area (Å²) >= 11 is 7.76. The highest BCUT2D eigenvalue weighted by Gasteiger charge is 2.23. The Morgan fingerprint density at radius 1 is 1.33 bits per heavy atom. The van der Waals surface area contributed by atoms with Gasteiger partial charge in [-0.3, -0.25) is 4.79 Å². The van der Waals surface area contributed by atoms with Gasteiger partial charge in [-0.2, -0.15) is 11.8 Å². The van der Waals surface area contributed by atoms with Crippen LogP contribution >= 0.6 is 23.4 Å². The number of methoxy groups -OCH3 is 1. The number of esters is 1. The van der Waals surface area contributed by atoms with Gasteiger partial charge in [-0.25, -0.2) is 4.79 Å². The van der Waals surface area contributed by atoms with Gasteiger partial charge in [0.25, 0.3) is 5.91 Å². The topological polar surface area (TPSA) is 60.3 Å². The predicted molar refractivity (Wildman–Crippen MR) is 97.0 cm³/mol. The first-order valence-corrected chi connectivity index (χ1v) is 9.14. The molecule has 0 spiro atoms. The molecule has 0 unspecified atom stereocenters. The van der Waals surface area contributed by atoms with E-state index in [0.29, 0.717) is 17.0 Å². The van der Waals surface area contributed by atoms with E-state index in [2.05, 4.69) is 5.32 Å². The standard InChI is InChI=1S/C17H19ClN2O3S/c1-23-17(22)15(7-10-24-2)19-16(21)13-11-12(5-6-14(13)18)20-8-3-4-9-20/h3-6,8-9,11,15H,7,10H2,1-2H3,(H,19,21)/t15-/m0/s1. The Hall–Kier alpha value is -1.92. The summed E-state index contributed by atoms with van der Waals surface area (Å²) in [6.45, 7) is 0. The first-order chi connectivity index (χ1) is 11.6. The van der Waals surface area contributed by atoms with Crippen LogP contribution in [0, 0.1) is 0 Å². The van der Waals surface area contributed by atoms with Crippen LogP contribution in [0.1, 0.15) is 16.8 Å². The number of halogens is 1. The Morgan fingerprint density at radius 2 is 2.04 bits per heavy atom. The highest BCUT2D eigenvalue weighted by atomic mass is 35.5. The highest BCUT2D eigenvalue weighted by molar-refractivity contribution is 7.98. The molecule has 1 atom stereocenters. The number of hydrogen-bond donors (Lipinski definition) is 1. The fourth-order valence-corrected chi connectivity index (χ4v) is 2.89. The van der Waals surface area contributed by atoms with Gasteiger partial charge < -0.3 is 14.6 Å². The van der Waals surface area contributed by atoms with E-state index >= 15 is 0 Å². The van der Waals surface area contributed by atoms with Crippen molar-refractivity contribution in [3.8, 4) is 5.69 Å². The quantitative estimate of drug-likeness (QED) is 0.765. The molecule has 1 amide bonds. The van der Waals surface area contributed by atoms with Crippen LogP contribution in [0.2, 0.25) is 5.02 Å². The molecule has 7 heteroatoms. The molecule has 0 saturated carbocycles. The number of nitrogens with one attached hydrogen (secondary N) is 1. The Kier molecular flexibility index (Phi) is 6.75. The van der Waals surface area contributed by atoms with E-state index in [1.54, 1.807) is 23.9 Å². The largest absolute Gasteiger partial charge is 0.467 e. The van der Waals surface area contributed by atoms with Gasteiger partial charge in [0, 0.05) is 18.1 Å². The van der Waals surface area contributed by atoms with Crippen molar-refractivity contribution in [1.82, 2.24) is 9.88 Å². The lowest BCUT2D eigenvalue weighted by molar-refractivity contribution is -0.142. The van der Waals surface area contributed by atoms with Crippen molar-refractivity contribution < 1.29 is 14.3 Å². The smallest absolute Gasteiger partial charge is 0.328 e. The molecular weight excluding hydrogens is 348 g/mol. The van der Waals surface area contributed by atoms with Gasteiger partial charge in [-0.1, -0.05) is 11.6 Å². The molecule has 1 heterocycles. The van der Waals surface area contributed by atoms with Crippen LogP contribution in [-0.2, 0) is 9.53 Å². The average molecular weight is 367 g/mol. The lowest BCUT2D eigenvalue weighted by atomic mass is 10.1. The predicted octanol–water partition coefficient (Wildman–Crippen LogP) is 3.16. The van der Waals surface area contributed by atoms with Crippen molar-refractivity contribution >= 4 is 35.2 Å². The minimum atomic E-state index is -0.693. The molecule has 128 valence electrons. The number of rotatable bonds is 7. The first kappa shape index (κ1) is 18.4. The number of aromatic nitrogens is 1. The molecule has 5 nitrogen and oxygen atoms in total. The molecule has 1 aromatic carbocycles. The summed E-state index contributed by atoms with van der Waals surface area (Å²) in [7, 11) is 1.31. The van der Waals surface area contributed by atoms with Crippen LogP contribution in [0.15, 0.2) is 42.7 Å². The summed E-state index contributed by atoms with van der Waals surface area (Å²) in [4.78, 5) is 24.4. The maximum Gasteiger partial charge on any atom is 0.328 e. The minimum absolute atomic E-state index is 0.320. The third-order valence-corrected chi connectivity index (χ3v) is 4.47. The molecule has 1 aromatic heterocycles. The maximum atomic E-state index is 12.6. The number of benzene rings is 1. The van der Waals surface area contributed by atoms with Gasteiger partial charge >= 0.3 is 5.97 Å². The molecule has 0 radical (unpaired) electrons. The van der Waals surface area contributed by atoms with Crippen molar-refractivity contribution in [2.45, 2.75) is 12.5 Å². The van der Waals surface area contributed by atoms with Gasteiger partial charge in [-0.15, -0.1) is 0 Å². The van der Waals surface area contributed by atoms with Crippen LogP contribution in [0.3, 0.4) is 0 Å². The Balaban J connectivity index is 2.21. The molecule has 0 aliphatic rings. The van der Waals surface area contributed by atoms with Crippen LogP contribution in [0.25, 0.3) is 5.69 Å². The van der Waals surface area contributed by atoms with Crippen LogP contribution in [0.5, 0.6) is 0 Å². The Labute approximate surface area is 150 Å². The number of hydrogen-bond acceptors (Lipinski definition) is 4. The number of nitrogens with zero attached hydrogens (tertiary/aromatic N) is 1. The number of amides is 1. The van der Waals surface area contributed by atoms with Crippen molar-refractivity contribution in [1.29, 1.82) is 0 Å². The lowest BCUT2D eigenvalue weighted by Gasteiger charge is -2.17. The molecule has 0 saturated heterocycles. The molecule has 24 heavy (non-hydrogen) atoms. The van der Waals surface area contributed by atoms with Gasteiger partial charge in [0.05, 0.1) is 17.7 Å². The molecule has 0 bridgehead atoms. The summed E-state index contributed by atoms with van der Waals surface area (Å²) in [5, 5.41) is 3.04. The van der Waals surface area contributed by atoms with Crippen molar-refractivity contribution in [3.63, 3.8) is 0 Å². The van der Waals surface area contributed by atoms with Crippen LogP contribution in [-0.4, -0.2) is 41.6 Å². The fourth-order valence-electron chi connectivity index (χ4n) is 2.22. The van der Waals surface area contributed by atoms with E-state index in [1.807, 2.05) is 41.4 Å². The van der Waals surface area contributed by atoms with E-state index in [1.165, 1.54) is 7.11 Å². The van der Waals surface area contributed by atoms with E-state index in [0.717, 1.165) is 11.4 Å². The molecule has 1 N–H and O–H groups in total. The number of thioether (sulfide) groups is 1. The van der Waals surface area contributed by atoms with Gasteiger partial charge in [0.1, 0.15) is 6.04 Å². The zero-order valence-corrected chi connectivity index (χ0v) is 15.1. The second-order valence-corrected chi connectivity index (χ2v) is 6.48. The summed E-state index contributed by atoms with van der Waals surface area (Å²) in [6.07, 6.45) is 6.18. The molecular formula is C17H19ClN2O3S. The molecule has 0 fully saturated rings. The van der Waals surface area contributed by atoms with Gasteiger partial charge in [0.15, 0.2) is 0 Å². The molecule has 2 rings (SSSR count). The molecule has 0 aliphatic heterocycles. The Bertz CT molecular complexity index is 704. The highest BCUT2D eigenvalue weighted by Crippen LogP contribution is 2.20. The van der Waals surface area contributed by atoms with E-state index in [4.69, 9.17) is 16.3 Å². The second-order valence-electron chi connectivity index (χ2n) is 5.09. The Morgan fingerprint density at radius 3 is 2.67 bits per heavy atom. The molecule has 2 aromatic rings. The van der Waals surface area contributed by atoms with Crippen molar-refractivity contribution in [2.24, 2.45) is 0 Å². The second kappa shape index (κ2) is 8.80. The number of ether oxygens (including phenoxy) is 1. The fraction of sp³-hybridized carbons (Fsp3) is 0.294. The summed E-state index contributed by atoms with van der Waals surface area (Å²) < 4.78 is 6.63. The zero-order chi connectivity index (χ0) is 17.5. The summed E-state index contributed by atoms with van der Waals surface area (Å²) in [5.74, 6) is -0.127. The summed E-state index contributed by atoms with van der Waals surface area (Å²) in [6, 6.07) is 8.28. The first-order valence-electron chi connectivity index (χ1n) is 7.37. The lowest BCUT2D eigenvalue weighted by Crippen LogP contribution is -2.42. The third-order valence-electron chi connectivity index (χ3n) is 3.50. The van der Waals surface area contributed by atoms with E-state index in [9.17, 15) is 9.59 Å². The van der Waals surface area contributed by atoms with E-state index < -0.39 is 17.9 Å². The zero-order valence-electron chi connectivity index (χ0n) is 13.5. The van der Waals surface area contributed by atoms with Crippen molar-refractivity contribution in [2.75, 3.05) is 19.1 Å². The average Bonchev–Trinajstić information content (AvgIpc) is 3.12. The monoisotopic (exact) mass is 366 g/mol. The van der Waals surface area contributed by atoms with Gasteiger partial charge in [0.2, 0.25) is 0 Å². The molecule has 0 aliphatic carbocycles. The third kappa shape index (κ3) is 4.55. The van der Waals surface area contributed by atoms with E-state index in [-0.39, 0.29) is 0 Å². The maximum absolute atomic E-state index is 12.6. The summed E-state index contributed by atoms with van der Waals surface area (Å²) in [5.41, 5.74) is 1.13. The van der Waals surface area contributed by atoms with Gasteiger partial charge in [-0.05, 0) is 48.8 Å². The van der Waals surface area contributed by atoms with Crippen molar-refractivity contribution in [3.05, 3.63) is 53.3 Å². The number of carbonyl (C=O) groups excluding carboxylic acids is 2.